The van der Waals surface area contributed by atoms with Crippen molar-refractivity contribution in [1.82, 2.24) is 0 Å². The van der Waals surface area contributed by atoms with Crippen molar-refractivity contribution in [3.63, 3.8) is 0 Å². The summed E-state index contributed by atoms with van der Waals surface area (Å²) in [5, 5.41) is 41.1. The Morgan fingerprint density at radius 3 is 2.36 bits per heavy atom. The summed E-state index contributed by atoms with van der Waals surface area (Å²) >= 11 is 0. The molecule has 130 valence electrons. The summed E-state index contributed by atoms with van der Waals surface area (Å²) < 4.78 is 0. The first-order valence-electron chi connectivity index (χ1n) is 8.77. The normalized spacial score (nSPS) is 46.1. The second-order valence-corrected chi connectivity index (χ2v) is 8.78. The molecule has 0 heterocycles. The van der Waals surface area contributed by atoms with Gasteiger partial charge in [-0.15, -0.1) is 0 Å². The SMILES string of the molecule is CC(O)CC[C@@H]1[C@@]2(C)CCCC(C)(C)[C@@H]2C[C@@H](O)[C@@]1(O)CO. The molecule has 0 bridgehead atoms. The van der Waals surface area contributed by atoms with Gasteiger partial charge in [0.1, 0.15) is 5.60 Å². The standard InChI is InChI=1S/C18H34O4/c1-12(20)6-7-13-17(4)9-5-8-16(2,3)14(17)10-15(21)18(13,22)11-19/h12-15,19-22H,5-11H2,1-4H3/t12?,13-,14+,15-,17-,18-/m1/s1. The van der Waals surface area contributed by atoms with Crippen LogP contribution in [0.25, 0.3) is 0 Å². The molecule has 6 atom stereocenters. The highest BCUT2D eigenvalue weighted by molar-refractivity contribution is 5.11. The van der Waals surface area contributed by atoms with Gasteiger partial charge in [0.25, 0.3) is 0 Å². The van der Waals surface area contributed by atoms with Crippen LogP contribution in [0.3, 0.4) is 0 Å². The number of hydrogen-bond donors (Lipinski definition) is 4. The predicted molar refractivity (Wildman–Crippen MR) is 86.3 cm³/mol. The van der Waals surface area contributed by atoms with Gasteiger partial charge in [-0.3, -0.25) is 0 Å². The summed E-state index contributed by atoms with van der Waals surface area (Å²) in [7, 11) is 0. The Morgan fingerprint density at radius 2 is 1.82 bits per heavy atom. The largest absolute Gasteiger partial charge is 0.393 e. The van der Waals surface area contributed by atoms with Gasteiger partial charge in [-0.1, -0.05) is 27.2 Å². The molecule has 0 radical (unpaired) electrons. The topological polar surface area (TPSA) is 80.9 Å². The third kappa shape index (κ3) is 2.83. The maximum absolute atomic E-state index is 11.0. The molecule has 22 heavy (non-hydrogen) atoms. The molecule has 2 aliphatic rings. The average Bonchev–Trinajstić information content (AvgIpc) is 2.41. The average molecular weight is 314 g/mol. The Hall–Kier alpha value is -0.160. The summed E-state index contributed by atoms with van der Waals surface area (Å²) in [6.45, 7) is 8.08. The lowest BCUT2D eigenvalue weighted by Crippen LogP contribution is -2.66. The lowest BCUT2D eigenvalue weighted by molar-refractivity contribution is -0.241. The minimum atomic E-state index is -1.45. The monoisotopic (exact) mass is 314 g/mol. The van der Waals surface area contributed by atoms with Crippen molar-refractivity contribution < 1.29 is 20.4 Å². The molecular weight excluding hydrogens is 280 g/mol. The minimum Gasteiger partial charge on any atom is -0.393 e. The summed E-state index contributed by atoms with van der Waals surface area (Å²) in [6, 6.07) is 0. The third-order valence-electron chi connectivity index (χ3n) is 6.84. The number of fused-ring (bicyclic) bond motifs is 1. The Bertz CT molecular complexity index is 395. The lowest BCUT2D eigenvalue weighted by atomic mass is 9.44. The Labute approximate surface area is 134 Å². The molecule has 4 N–H and O–H groups in total. The molecule has 2 fully saturated rings. The Balaban J connectivity index is 2.40. The van der Waals surface area contributed by atoms with Crippen molar-refractivity contribution in [1.29, 1.82) is 0 Å². The molecular formula is C18H34O4. The van der Waals surface area contributed by atoms with E-state index in [1.165, 1.54) is 0 Å². The fourth-order valence-corrected chi connectivity index (χ4v) is 5.61. The van der Waals surface area contributed by atoms with Gasteiger partial charge < -0.3 is 20.4 Å². The van der Waals surface area contributed by atoms with Crippen LogP contribution in [0.1, 0.15) is 66.2 Å². The van der Waals surface area contributed by atoms with E-state index >= 15 is 0 Å². The molecule has 0 spiro atoms. The van der Waals surface area contributed by atoms with Gasteiger partial charge in [-0.2, -0.15) is 0 Å². The molecule has 0 aromatic rings. The Kier molecular flexibility index (Phi) is 5.00. The molecule has 0 aliphatic heterocycles. The van der Waals surface area contributed by atoms with Gasteiger partial charge in [-0.05, 0) is 61.7 Å². The van der Waals surface area contributed by atoms with Crippen molar-refractivity contribution in [2.45, 2.75) is 84.0 Å². The van der Waals surface area contributed by atoms with Crippen molar-refractivity contribution in [2.24, 2.45) is 22.7 Å². The molecule has 1 unspecified atom stereocenters. The summed E-state index contributed by atoms with van der Waals surface area (Å²) in [6.07, 6.45) is 3.71. The zero-order valence-electron chi connectivity index (χ0n) is 14.5. The van der Waals surface area contributed by atoms with Gasteiger partial charge >= 0.3 is 0 Å². The van der Waals surface area contributed by atoms with E-state index in [1.54, 1.807) is 6.92 Å². The van der Waals surface area contributed by atoms with E-state index in [4.69, 9.17) is 0 Å². The van der Waals surface area contributed by atoms with E-state index < -0.39 is 24.4 Å². The van der Waals surface area contributed by atoms with E-state index in [2.05, 4.69) is 20.8 Å². The van der Waals surface area contributed by atoms with E-state index in [-0.39, 0.29) is 16.7 Å². The quantitative estimate of drug-likeness (QED) is 0.640. The number of rotatable bonds is 4. The highest BCUT2D eigenvalue weighted by Crippen LogP contribution is 2.62. The lowest BCUT2D eigenvalue weighted by Gasteiger charge is -2.63. The second-order valence-electron chi connectivity index (χ2n) is 8.78. The number of hydrogen-bond acceptors (Lipinski definition) is 4. The maximum Gasteiger partial charge on any atom is 0.117 e. The molecule has 2 rings (SSSR count). The minimum absolute atomic E-state index is 0.104. The second kappa shape index (κ2) is 6.04. The van der Waals surface area contributed by atoms with E-state index in [0.717, 1.165) is 19.3 Å². The van der Waals surface area contributed by atoms with Crippen LogP contribution in [-0.2, 0) is 0 Å². The molecule has 2 aliphatic carbocycles. The number of aliphatic hydroxyl groups is 4. The zero-order valence-corrected chi connectivity index (χ0v) is 14.5. The molecule has 0 amide bonds. The molecule has 4 nitrogen and oxygen atoms in total. The zero-order chi connectivity index (χ0) is 16.8. The third-order valence-corrected chi connectivity index (χ3v) is 6.84. The molecule has 0 aromatic heterocycles. The highest BCUT2D eigenvalue weighted by atomic mass is 16.4. The Morgan fingerprint density at radius 1 is 1.18 bits per heavy atom. The first-order valence-corrected chi connectivity index (χ1v) is 8.77. The highest BCUT2D eigenvalue weighted by Gasteiger charge is 2.62. The van der Waals surface area contributed by atoms with Crippen LogP contribution in [0.2, 0.25) is 0 Å². The predicted octanol–water partition coefficient (Wildman–Crippen LogP) is 2.08. The van der Waals surface area contributed by atoms with Crippen LogP contribution >= 0.6 is 0 Å². The first kappa shape index (κ1) is 18.2. The van der Waals surface area contributed by atoms with E-state index in [9.17, 15) is 20.4 Å². The van der Waals surface area contributed by atoms with E-state index in [1.807, 2.05) is 0 Å². The van der Waals surface area contributed by atoms with Crippen molar-refractivity contribution in [3.05, 3.63) is 0 Å². The van der Waals surface area contributed by atoms with Crippen molar-refractivity contribution in [2.75, 3.05) is 6.61 Å². The van der Waals surface area contributed by atoms with Crippen molar-refractivity contribution >= 4 is 0 Å². The van der Waals surface area contributed by atoms with Crippen LogP contribution in [0.4, 0.5) is 0 Å². The summed E-state index contributed by atoms with van der Waals surface area (Å²) in [5.41, 5.74) is -1.42. The maximum atomic E-state index is 11.0. The van der Waals surface area contributed by atoms with Crippen LogP contribution in [-0.4, -0.2) is 44.8 Å². The van der Waals surface area contributed by atoms with Crippen LogP contribution in [0, 0.1) is 22.7 Å². The van der Waals surface area contributed by atoms with E-state index in [0.29, 0.717) is 25.2 Å². The van der Waals surface area contributed by atoms with Crippen molar-refractivity contribution in [3.8, 4) is 0 Å². The molecule has 2 saturated carbocycles. The van der Waals surface area contributed by atoms with Crippen LogP contribution < -0.4 is 0 Å². The molecule has 4 heteroatoms. The molecule has 0 saturated heterocycles. The summed E-state index contributed by atoms with van der Waals surface area (Å²) in [4.78, 5) is 0. The number of aliphatic hydroxyl groups excluding tert-OH is 3. The van der Waals surface area contributed by atoms with Gasteiger partial charge in [0.2, 0.25) is 0 Å². The van der Waals surface area contributed by atoms with Gasteiger partial charge in [0.15, 0.2) is 0 Å². The van der Waals surface area contributed by atoms with Crippen LogP contribution in [0.5, 0.6) is 0 Å². The first-order chi connectivity index (χ1) is 10.1. The smallest absolute Gasteiger partial charge is 0.117 e. The van der Waals surface area contributed by atoms with Gasteiger partial charge in [0, 0.05) is 0 Å². The fourth-order valence-electron chi connectivity index (χ4n) is 5.61. The van der Waals surface area contributed by atoms with Gasteiger partial charge in [0.05, 0.1) is 18.8 Å². The summed E-state index contributed by atoms with van der Waals surface area (Å²) in [5.74, 6) is 0.141. The van der Waals surface area contributed by atoms with Gasteiger partial charge in [-0.25, -0.2) is 0 Å². The molecule has 0 aromatic carbocycles. The fraction of sp³-hybridized carbons (Fsp3) is 1.00. The van der Waals surface area contributed by atoms with Crippen LogP contribution in [0.15, 0.2) is 0 Å².